The number of hydrogen-bond acceptors (Lipinski definition) is 4. The minimum absolute atomic E-state index is 0.373. The van der Waals surface area contributed by atoms with Crippen LogP contribution in [-0.4, -0.2) is 28.6 Å². The Morgan fingerprint density at radius 1 is 1.40 bits per heavy atom. The van der Waals surface area contributed by atoms with Crippen LogP contribution in [0.2, 0.25) is 0 Å². The molecular weight excluding hydrogens is 272 g/mol. The van der Waals surface area contributed by atoms with Gasteiger partial charge in [-0.3, -0.25) is 4.79 Å². The highest BCUT2D eigenvalue weighted by molar-refractivity contribution is 7.15. The number of aromatic nitrogens is 1. The molecule has 1 aromatic heterocycles. The Hall–Kier alpha value is -1.10. The van der Waals surface area contributed by atoms with E-state index in [1.807, 2.05) is 0 Å². The van der Waals surface area contributed by atoms with Crippen LogP contribution in [0, 0.1) is 0 Å². The molecule has 0 bridgehead atoms. The van der Waals surface area contributed by atoms with Crippen molar-refractivity contribution in [2.75, 3.05) is 11.4 Å². The van der Waals surface area contributed by atoms with Crippen LogP contribution in [0.15, 0.2) is 0 Å². The van der Waals surface area contributed by atoms with Crippen molar-refractivity contribution in [3.8, 4) is 0 Å². The summed E-state index contributed by atoms with van der Waals surface area (Å²) < 4.78 is 0. The van der Waals surface area contributed by atoms with Crippen molar-refractivity contribution in [2.24, 2.45) is 0 Å². The lowest BCUT2D eigenvalue weighted by Crippen LogP contribution is -2.34. The van der Waals surface area contributed by atoms with E-state index in [0.717, 1.165) is 36.6 Å². The van der Waals surface area contributed by atoms with E-state index in [9.17, 15) is 9.90 Å². The molecule has 1 aliphatic carbocycles. The van der Waals surface area contributed by atoms with Crippen LogP contribution < -0.4 is 4.90 Å². The van der Waals surface area contributed by atoms with Gasteiger partial charge in [0.2, 0.25) is 0 Å². The molecule has 2 aliphatic rings. The van der Waals surface area contributed by atoms with Crippen molar-refractivity contribution < 1.29 is 9.90 Å². The molecule has 0 saturated carbocycles. The average molecular weight is 294 g/mol. The Balaban J connectivity index is 1.87. The van der Waals surface area contributed by atoms with Crippen LogP contribution >= 0.6 is 11.3 Å². The maximum Gasteiger partial charge on any atom is 0.312 e. The van der Waals surface area contributed by atoms with Crippen LogP contribution in [0.4, 0.5) is 5.13 Å². The molecule has 2 heterocycles. The molecule has 1 saturated heterocycles. The maximum atomic E-state index is 11.3. The van der Waals surface area contributed by atoms with Gasteiger partial charge >= 0.3 is 5.97 Å². The zero-order valence-electron chi connectivity index (χ0n) is 12.0. The lowest BCUT2D eigenvalue weighted by atomic mass is 10.1. The van der Waals surface area contributed by atoms with Crippen molar-refractivity contribution >= 4 is 22.4 Å². The van der Waals surface area contributed by atoms with Crippen LogP contribution in [-0.2, 0) is 11.2 Å². The molecule has 4 nitrogen and oxygen atoms in total. The van der Waals surface area contributed by atoms with Crippen LogP contribution in [0.25, 0.3) is 0 Å². The number of aryl methyl sites for hydroxylation is 1. The third-order valence-corrected chi connectivity index (χ3v) is 5.77. The zero-order chi connectivity index (χ0) is 14.1. The van der Waals surface area contributed by atoms with Gasteiger partial charge in [0.25, 0.3) is 0 Å². The van der Waals surface area contributed by atoms with Gasteiger partial charge < -0.3 is 10.0 Å². The first-order valence-electron chi connectivity index (χ1n) is 7.69. The molecule has 3 rings (SSSR count). The monoisotopic (exact) mass is 294 g/mol. The summed E-state index contributed by atoms with van der Waals surface area (Å²) in [5.41, 5.74) is 0.844. The molecule has 20 heavy (non-hydrogen) atoms. The fourth-order valence-corrected chi connectivity index (χ4v) is 4.67. The van der Waals surface area contributed by atoms with E-state index in [0.29, 0.717) is 6.04 Å². The van der Waals surface area contributed by atoms with Crippen molar-refractivity contribution in [3.63, 3.8) is 0 Å². The third-order valence-electron chi connectivity index (χ3n) is 4.60. The van der Waals surface area contributed by atoms with Crippen LogP contribution in [0.3, 0.4) is 0 Å². The van der Waals surface area contributed by atoms with Gasteiger partial charge in [0.1, 0.15) is 5.92 Å². The number of fused-ring (bicyclic) bond motifs is 1. The van der Waals surface area contributed by atoms with E-state index in [2.05, 4.69) is 11.8 Å². The Kier molecular flexibility index (Phi) is 3.96. The summed E-state index contributed by atoms with van der Waals surface area (Å²) in [5, 5.41) is 10.3. The summed E-state index contributed by atoms with van der Waals surface area (Å²) in [4.78, 5) is 19.6. The van der Waals surface area contributed by atoms with Crippen LogP contribution in [0.1, 0.15) is 61.9 Å². The first-order chi connectivity index (χ1) is 9.70. The van der Waals surface area contributed by atoms with E-state index in [1.54, 1.807) is 11.3 Å². The Morgan fingerprint density at radius 3 is 3.00 bits per heavy atom. The highest BCUT2D eigenvalue weighted by atomic mass is 32.1. The molecule has 1 aromatic rings. The van der Waals surface area contributed by atoms with Gasteiger partial charge in [-0.05, 0) is 32.1 Å². The summed E-state index contributed by atoms with van der Waals surface area (Å²) in [7, 11) is 0. The molecule has 2 unspecified atom stereocenters. The molecule has 1 fully saturated rings. The number of rotatable bonds is 3. The second kappa shape index (κ2) is 5.72. The fourth-order valence-electron chi connectivity index (χ4n) is 3.43. The van der Waals surface area contributed by atoms with Gasteiger partial charge in [0.15, 0.2) is 5.13 Å². The molecule has 110 valence electrons. The standard InChI is InChI=1S/C15H22N2O2S/c1-2-10-6-4-3-5-9-17(10)15-16-13-11(14(18)19)7-8-12(13)20-15/h10-11H,2-9H2,1H3,(H,18,19). The SMILES string of the molecule is CCC1CCCCCN1c1nc2c(s1)CCC2C(=O)O. The summed E-state index contributed by atoms with van der Waals surface area (Å²) in [6, 6.07) is 0.576. The van der Waals surface area contributed by atoms with Gasteiger partial charge in [-0.2, -0.15) is 0 Å². The summed E-state index contributed by atoms with van der Waals surface area (Å²) in [5.74, 6) is -1.09. The molecule has 0 radical (unpaired) electrons. The zero-order valence-corrected chi connectivity index (χ0v) is 12.8. The second-order valence-corrected chi connectivity index (χ2v) is 6.90. The quantitative estimate of drug-likeness (QED) is 0.928. The molecule has 1 aliphatic heterocycles. The summed E-state index contributed by atoms with van der Waals surface area (Å²) in [6.07, 6.45) is 7.82. The molecule has 2 atom stereocenters. The number of anilines is 1. The highest BCUT2D eigenvalue weighted by Crippen LogP contribution is 2.40. The third kappa shape index (κ3) is 2.43. The van der Waals surface area contributed by atoms with Gasteiger partial charge in [-0.25, -0.2) is 4.98 Å². The van der Waals surface area contributed by atoms with Gasteiger partial charge in [-0.1, -0.05) is 19.8 Å². The maximum absolute atomic E-state index is 11.3. The second-order valence-electron chi connectivity index (χ2n) is 5.84. The average Bonchev–Trinajstić information content (AvgIpc) is 2.90. The predicted octanol–water partition coefficient (Wildman–Crippen LogP) is 3.42. The Morgan fingerprint density at radius 2 is 2.25 bits per heavy atom. The molecular formula is C15H22N2O2S. The smallest absolute Gasteiger partial charge is 0.312 e. The van der Waals surface area contributed by atoms with Gasteiger partial charge in [0, 0.05) is 17.5 Å². The van der Waals surface area contributed by atoms with Crippen molar-refractivity contribution in [2.45, 2.75) is 63.8 Å². The number of carboxylic acids is 1. The number of hydrogen-bond donors (Lipinski definition) is 1. The lowest BCUT2D eigenvalue weighted by molar-refractivity contribution is -0.138. The predicted molar refractivity (Wildman–Crippen MR) is 80.7 cm³/mol. The number of carbonyl (C=O) groups is 1. The van der Waals surface area contributed by atoms with E-state index >= 15 is 0 Å². The van der Waals surface area contributed by atoms with Crippen molar-refractivity contribution in [1.82, 2.24) is 4.98 Å². The highest BCUT2D eigenvalue weighted by Gasteiger charge is 2.34. The van der Waals surface area contributed by atoms with Crippen molar-refractivity contribution in [1.29, 1.82) is 0 Å². The van der Waals surface area contributed by atoms with E-state index in [4.69, 9.17) is 4.98 Å². The van der Waals surface area contributed by atoms with Gasteiger partial charge in [-0.15, -0.1) is 11.3 Å². The molecule has 0 aromatic carbocycles. The number of aliphatic carboxylic acids is 1. The fraction of sp³-hybridized carbons (Fsp3) is 0.733. The number of nitrogens with zero attached hydrogens (tertiary/aromatic N) is 2. The first kappa shape index (κ1) is 13.9. The van der Waals surface area contributed by atoms with E-state index < -0.39 is 5.97 Å². The Labute approximate surface area is 123 Å². The lowest BCUT2D eigenvalue weighted by Gasteiger charge is -2.28. The minimum atomic E-state index is -0.719. The number of carboxylic acid groups (broad SMARTS) is 1. The minimum Gasteiger partial charge on any atom is -0.481 e. The van der Waals surface area contributed by atoms with E-state index in [1.165, 1.54) is 30.6 Å². The van der Waals surface area contributed by atoms with Gasteiger partial charge in [0.05, 0.1) is 5.69 Å². The van der Waals surface area contributed by atoms with Crippen LogP contribution in [0.5, 0.6) is 0 Å². The van der Waals surface area contributed by atoms with Crippen molar-refractivity contribution in [3.05, 3.63) is 10.6 Å². The molecule has 5 heteroatoms. The number of thiazole rings is 1. The largest absolute Gasteiger partial charge is 0.481 e. The topological polar surface area (TPSA) is 53.4 Å². The Bertz CT molecular complexity index is 500. The molecule has 0 spiro atoms. The summed E-state index contributed by atoms with van der Waals surface area (Å²) in [6.45, 7) is 3.31. The summed E-state index contributed by atoms with van der Waals surface area (Å²) >= 11 is 1.73. The molecule has 0 amide bonds. The molecule has 1 N–H and O–H groups in total. The van der Waals surface area contributed by atoms with E-state index in [-0.39, 0.29) is 5.92 Å². The first-order valence-corrected chi connectivity index (χ1v) is 8.51. The normalized spacial score (nSPS) is 26.4.